The molecule has 0 heterocycles. The molecule has 0 aliphatic heterocycles. The van der Waals surface area contributed by atoms with Crippen LogP contribution >= 0.6 is 0 Å². The molecule has 0 spiro atoms. The number of urea groups is 1. The molecule has 1 aromatic rings. The highest BCUT2D eigenvalue weighted by atomic mass is 19.4. The van der Waals surface area contributed by atoms with Crippen molar-refractivity contribution in [2.45, 2.75) is 44.0 Å². The standard InChI is InChI=1S/C14H16F4N2O2/c15-9-6-5-8(14(16,17)18)7-11(9)20-13(22)19-10-3-1-2-4-12(10)21/h5-7,10,12,21H,1-4H2,(H2,19,20,22)/t10-,12-/m1/s1. The summed E-state index contributed by atoms with van der Waals surface area (Å²) < 4.78 is 51.2. The first kappa shape index (κ1) is 16.5. The van der Waals surface area contributed by atoms with E-state index in [1.54, 1.807) is 0 Å². The number of nitrogens with one attached hydrogen (secondary N) is 2. The van der Waals surface area contributed by atoms with E-state index < -0.39 is 41.4 Å². The lowest BCUT2D eigenvalue weighted by atomic mass is 9.93. The first-order chi connectivity index (χ1) is 10.3. The summed E-state index contributed by atoms with van der Waals surface area (Å²) in [6.07, 6.45) is -2.53. The van der Waals surface area contributed by atoms with E-state index in [9.17, 15) is 27.5 Å². The first-order valence-corrected chi connectivity index (χ1v) is 6.89. The highest BCUT2D eigenvalue weighted by Crippen LogP contribution is 2.31. The second-order valence-electron chi connectivity index (χ2n) is 5.25. The SMILES string of the molecule is O=C(Nc1cc(C(F)(F)F)ccc1F)N[C@@H]1CCCC[C@H]1O. The minimum absolute atomic E-state index is 0.484. The van der Waals surface area contributed by atoms with Crippen molar-refractivity contribution in [3.05, 3.63) is 29.6 Å². The molecular formula is C14H16F4N2O2. The molecule has 0 saturated heterocycles. The Hall–Kier alpha value is -1.83. The van der Waals surface area contributed by atoms with Gasteiger partial charge >= 0.3 is 12.2 Å². The van der Waals surface area contributed by atoms with Gasteiger partial charge in [-0.05, 0) is 31.0 Å². The molecular weight excluding hydrogens is 304 g/mol. The molecule has 4 nitrogen and oxygen atoms in total. The fourth-order valence-electron chi connectivity index (χ4n) is 2.40. The van der Waals surface area contributed by atoms with Gasteiger partial charge in [0.05, 0.1) is 23.4 Å². The Morgan fingerprint density at radius 1 is 1.23 bits per heavy atom. The molecule has 3 N–H and O–H groups in total. The number of benzene rings is 1. The van der Waals surface area contributed by atoms with Crippen LogP contribution in [-0.4, -0.2) is 23.3 Å². The molecule has 0 radical (unpaired) electrons. The molecule has 2 atom stereocenters. The van der Waals surface area contributed by atoms with Crippen LogP contribution in [0.1, 0.15) is 31.2 Å². The average Bonchev–Trinajstić information content (AvgIpc) is 2.42. The molecule has 2 rings (SSSR count). The number of carbonyl (C=O) groups is 1. The van der Waals surface area contributed by atoms with E-state index in [1.165, 1.54) is 0 Å². The summed E-state index contributed by atoms with van der Waals surface area (Å²) in [5, 5.41) is 14.2. The van der Waals surface area contributed by atoms with Gasteiger partial charge in [-0.2, -0.15) is 13.2 Å². The summed E-state index contributed by atoms with van der Waals surface area (Å²) in [5.74, 6) is -0.965. The predicted octanol–water partition coefficient (Wildman–Crippen LogP) is 3.27. The number of amides is 2. The number of carbonyl (C=O) groups excluding carboxylic acids is 1. The number of hydrogen-bond donors (Lipinski definition) is 3. The van der Waals surface area contributed by atoms with E-state index in [0.717, 1.165) is 12.8 Å². The minimum atomic E-state index is -4.62. The van der Waals surface area contributed by atoms with Crippen molar-refractivity contribution in [3.63, 3.8) is 0 Å². The van der Waals surface area contributed by atoms with Gasteiger partial charge in [0.15, 0.2) is 0 Å². The monoisotopic (exact) mass is 320 g/mol. The number of rotatable bonds is 2. The summed E-state index contributed by atoms with van der Waals surface area (Å²) in [6, 6.07) is 0.454. The van der Waals surface area contributed by atoms with Crippen molar-refractivity contribution in [1.29, 1.82) is 0 Å². The van der Waals surface area contributed by atoms with E-state index >= 15 is 0 Å². The molecule has 1 fully saturated rings. The number of aliphatic hydroxyl groups is 1. The third kappa shape index (κ3) is 4.09. The highest BCUT2D eigenvalue weighted by Gasteiger charge is 2.31. The molecule has 0 aromatic heterocycles. The summed E-state index contributed by atoms with van der Waals surface area (Å²) in [4.78, 5) is 11.8. The van der Waals surface area contributed by atoms with Gasteiger partial charge in [-0.25, -0.2) is 9.18 Å². The van der Waals surface area contributed by atoms with Crippen LogP contribution in [0.4, 0.5) is 28.0 Å². The van der Waals surface area contributed by atoms with Crippen molar-refractivity contribution in [3.8, 4) is 0 Å². The Kier molecular flexibility index (Phi) is 4.90. The lowest BCUT2D eigenvalue weighted by Gasteiger charge is -2.28. The Morgan fingerprint density at radius 2 is 1.91 bits per heavy atom. The van der Waals surface area contributed by atoms with Crippen LogP contribution in [-0.2, 0) is 6.18 Å². The van der Waals surface area contributed by atoms with E-state index in [0.29, 0.717) is 31.0 Å². The van der Waals surface area contributed by atoms with E-state index in [1.807, 2.05) is 0 Å². The molecule has 1 aliphatic rings. The van der Waals surface area contributed by atoms with Gasteiger partial charge in [0, 0.05) is 0 Å². The van der Waals surface area contributed by atoms with Gasteiger partial charge in [0.2, 0.25) is 0 Å². The largest absolute Gasteiger partial charge is 0.416 e. The van der Waals surface area contributed by atoms with E-state index in [4.69, 9.17) is 0 Å². The van der Waals surface area contributed by atoms with Crippen LogP contribution in [0.2, 0.25) is 0 Å². The zero-order valence-electron chi connectivity index (χ0n) is 11.6. The lowest BCUT2D eigenvalue weighted by molar-refractivity contribution is -0.137. The minimum Gasteiger partial charge on any atom is -0.391 e. The zero-order valence-corrected chi connectivity index (χ0v) is 11.6. The molecule has 8 heteroatoms. The van der Waals surface area contributed by atoms with Crippen LogP contribution in [0.25, 0.3) is 0 Å². The van der Waals surface area contributed by atoms with Gasteiger partial charge in [-0.15, -0.1) is 0 Å². The molecule has 0 bridgehead atoms. The van der Waals surface area contributed by atoms with Gasteiger partial charge in [0.1, 0.15) is 5.82 Å². The first-order valence-electron chi connectivity index (χ1n) is 6.89. The molecule has 1 aromatic carbocycles. The Balaban J connectivity index is 2.04. The van der Waals surface area contributed by atoms with Crippen LogP contribution in [0.3, 0.4) is 0 Å². The Morgan fingerprint density at radius 3 is 2.55 bits per heavy atom. The van der Waals surface area contributed by atoms with Crippen molar-refractivity contribution >= 4 is 11.7 Å². The lowest BCUT2D eigenvalue weighted by Crippen LogP contribution is -2.46. The van der Waals surface area contributed by atoms with Crippen LogP contribution in [0.15, 0.2) is 18.2 Å². The molecule has 22 heavy (non-hydrogen) atoms. The third-order valence-corrected chi connectivity index (χ3v) is 3.59. The van der Waals surface area contributed by atoms with Crippen molar-refractivity contribution in [2.24, 2.45) is 0 Å². The molecule has 1 aliphatic carbocycles. The quantitative estimate of drug-likeness (QED) is 0.733. The molecule has 2 amide bonds. The van der Waals surface area contributed by atoms with Crippen LogP contribution in [0.5, 0.6) is 0 Å². The summed E-state index contributed by atoms with van der Waals surface area (Å²) in [5.41, 5.74) is -1.61. The maximum atomic E-state index is 13.5. The summed E-state index contributed by atoms with van der Waals surface area (Å²) >= 11 is 0. The smallest absolute Gasteiger partial charge is 0.391 e. The number of anilines is 1. The van der Waals surface area contributed by atoms with E-state index in [2.05, 4.69) is 10.6 Å². The van der Waals surface area contributed by atoms with Gasteiger partial charge in [-0.1, -0.05) is 12.8 Å². The van der Waals surface area contributed by atoms with Gasteiger partial charge < -0.3 is 15.7 Å². The molecule has 1 saturated carbocycles. The summed E-state index contributed by atoms with van der Waals surface area (Å²) in [6.45, 7) is 0. The highest BCUT2D eigenvalue weighted by molar-refractivity contribution is 5.89. The van der Waals surface area contributed by atoms with Crippen LogP contribution < -0.4 is 10.6 Å². The second kappa shape index (κ2) is 6.51. The Labute approximate surface area is 124 Å². The molecule has 122 valence electrons. The fraction of sp³-hybridized carbons (Fsp3) is 0.500. The Bertz CT molecular complexity index is 548. The van der Waals surface area contributed by atoms with Gasteiger partial charge in [-0.3, -0.25) is 0 Å². The number of aliphatic hydroxyl groups excluding tert-OH is 1. The van der Waals surface area contributed by atoms with Crippen molar-refractivity contribution < 1.29 is 27.5 Å². The zero-order chi connectivity index (χ0) is 16.3. The fourth-order valence-corrected chi connectivity index (χ4v) is 2.40. The maximum Gasteiger partial charge on any atom is 0.416 e. The third-order valence-electron chi connectivity index (χ3n) is 3.59. The average molecular weight is 320 g/mol. The number of alkyl halides is 3. The van der Waals surface area contributed by atoms with Crippen molar-refractivity contribution in [1.82, 2.24) is 5.32 Å². The normalized spacial score (nSPS) is 22.2. The molecule has 0 unspecified atom stereocenters. The maximum absolute atomic E-state index is 13.5. The number of halogens is 4. The number of hydrogen-bond acceptors (Lipinski definition) is 2. The second-order valence-corrected chi connectivity index (χ2v) is 5.25. The summed E-state index contributed by atoms with van der Waals surface area (Å²) in [7, 11) is 0. The van der Waals surface area contributed by atoms with Crippen LogP contribution in [0, 0.1) is 5.82 Å². The van der Waals surface area contributed by atoms with Crippen molar-refractivity contribution in [2.75, 3.05) is 5.32 Å². The van der Waals surface area contributed by atoms with Gasteiger partial charge in [0.25, 0.3) is 0 Å². The topological polar surface area (TPSA) is 61.4 Å². The predicted molar refractivity (Wildman–Crippen MR) is 71.8 cm³/mol. The van der Waals surface area contributed by atoms with E-state index in [-0.39, 0.29) is 0 Å².